The number of benzene rings is 2. The minimum Gasteiger partial charge on any atom is -0.469 e. The van der Waals surface area contributed by atoms with Gasteiger partial charge in [0.2, 0.25) is 0 Å². The molecule has 47 heavy (non-hydrogen) atoms. The van der Waals surface area contributed by atoms with Crippen molar-refractivity contribution in [3.8, 4) is 0 Å². The van der Waals surface area contributed by atoms with E-state index < -0.39 is 0 Å². The van der Waals surface area contributed by atoms with Crippen LogP contribution in [0.1, 0.15) is 66.7 Å². The number of aryl methyl sites for hydroxylation is 1. The lowest BCUT2D eigenvalue weighted by Crippen LogP contribution is -2.61. The van der Waals surface area contributed by atoms with Gasteiger partial charge in [0, 0.05) is 83.9 Å². The maximum absolute atomic E-state index is 13.5. The number of rotatable bonds is 3. The molecule has 4 fully saturated rings. The van der Waals surface area contributed by atoms with Gasteiger partial charge in [-0.2, -0.15) is 0 Å². The highest BCUT2D eigenvalue weighted by atomic mass is 16.5. The number of aliphatic hydroxyl groups excluding tert-OH is 1. The van der Waals surface area contributed by atoms with Crippen LogP contribution >= 0.6 is 0 Å². The van der Waals surface area contributed by atoms with Gasteiger partial charge in [0.05, 0.1) is 19.1 Å². The number of H-pyrrole nitrogens is 1. The highest BCUT2D eigenvalue weighted by Crippen LogP contribution is 2.55. The van der Waals surface area contributed by atoms with Gasteiger partial charge < -0.3 is 24.7 Å². The van der Waals surface area contributed by atoms with Gasteiger partial charge in [0.25, 0.3) is 0 Å². The first-order valence-electron chi connectivity index (χ1n) is 17.6. The minimum absolute atomic E-state index is 0.0194. The first-order valence-corrected chi connectivity index (χ1v) is 17.6. The number of aliphatic hydroxyl groups is 1. The highest BCUT2D eigenvalue weighted by molar-refractivity contribution is 5.88. The molecule has 3 N–H and O–H groups in total. The first-order chi connectivity index (χ1) is 22.9. The molecule has 10 rings (SSSR count). The Balaban J connectivity index is 1.21. The molecule has 7 nitrogen and oxygen atoms in total. The fourth-order valence-electron chi connectivity index (χ4n) is 10.9. The summed E-state index contributed by atoms with van der Waals surface area (Å²) in [7, 11) is 3.79. The number of esters is 1. The summed E-state index contributed by atoms with van der Waals surface area (Å²) in [4.78, 5) is 20.1. The van der Waals surface area contributed by atoms with E-state index >= 15 is 0 Å². The average Bonchev–Trinajstić information content (AvgIpc) is 3.59. The number of hydrogen-bond acceptors (Lipinski definition) is 5. The second kappa shape index (κ2) is 10.9. The third-order valence-corrected chi connectivity index (χ3v) is 13.1. The molecule has 2 aromatic heterocycles. The number of nitrogens with zero attached hydrogens (tertiary/aromatic N) is 2. The van der Waals surface area contributed by atoms with Gasteiger partial charge in [0.1, 0.15) is 0 Å². The molecule has 1 unspecified atom stereocenters. The van der Waals surface area contributed by atoms with Crippen molar-refractivity contribution in [2.75, 3.05) is 26.8 Å². The molecule has 1 aliphatic carbocycles. The molecule has 7 heteroatoms. The Bertz CT molecular complexity index is 1980. The number of aromatic amines is 1. The molecular formula is C40H46N4O3. The topological polar surface area (TPSA) is 82.5 Å². The van der Waals surface area contributed by atoms with Crippen molar-refractivity contribution < 1.29 is 14.6 Å². The number of carbonyl (C=O) groups excluding carboxylic acids is 1. The van der Waals surface area contributed by atoms with Crippen LogP contribution in [-0.4, -0.2) is 64.4 Å². The van der Waals surface area contributed by atoms with Gasteiger partial charge in [-0.05, 0) is 86.3 Å². The van der Waals surface area contributed by atoms with E-state index in [2.05, 4.69) is 95.3 Å². The Morgan fingerprint density at radius 1 is 1.02 bits per heavy atom. The minimum atomic E-state index is -0.237. The van der Waals surface area contributed by atoms with Gasteiger partial charge in [0.15, 0.2) is 0 Å². The number of allylic oxidation sites excluding steroid dienone is 2. The van der Waals surface area contributed by atoms with Crippen LogP contribution in [0.5, 0.6) is 0 Å². The molecule has 4 saturated heterocycles. The van der Waals surface area contributed by atoms with Crippen LogP contribution in [-0.2, 0) is 29.4 Å². The Morgan fingerprint density at radius 2 is 1.85 bits per heavy atom. The maximum atomic E-state index is 13.5. The van der Waals surface area contributed by atoms with Crippen molar-refractivity contribution in [3.05, 3.63) is 93.8 Å². The van der Waals surface area contributed by atoms with Crippen LogP contribution < -0.4 is 5.32 Å². The summed E-state index contributed by atoms with van der Waals surface area (Å²) in [5.41, 5.74) is 12.1. The number of fused-ring (bicyclic) bond motifs is 9. The molecule has 9 atom stereocenters. The van der Waals surface area contributed by atoms with E-state index in [-0.39, 0.29) is 36.4 Å². The molecule has 6 bridgehead atoms. The monoisotopic (exact) mass is 630 g/mol. The van der Waals surface area contributed by atoms with Crippen LogP contribution in [0.4, 0.5) is 0 Å². The van der Waals surface area contributed by atoms with Crippen LogP contribution in [0.2, 0.25) is 0 Å². The quantitative estimate of drug-likeness (QED) is 0.194. The highest BCUT2D eigenvalue weighted by Gasteiger charge is 2.53. The number of aromatic nitrogens is 2. The van der Waals surface area contributed by atoms with E-state index in [0.29, 0.717) is 23.9 Å². The van der Waals surface area contributed by atoms with Crippen molar-refractivity contribution in [2.24, 2.45) is 30.7 Å². The summed E-state index contributed by atoms with van der Waals surface area (Å²) in [6.07, 6.45) is 8.20. The number of hydrogen-bond donors (Lipinski definition) is 3. The molecule has 0 amide bonds. The van der Waals surface area contributed by atoms with Crippen LogP contribution in [0.15, 0.2) is 65.8 Å². The summed E-state index contributed by atoms with van der Waals surface area (Å²) < 4.78 is 7.95. The first kappa shape index (κ1) is 29.5. The number of carbonyl (C=O) groups is 1. The van der Waals surface area contributed by atoms with Gasteiger partial charge in [-0.25, -0.2) is 0 Å². The second-order valence-corrected chi connectivity index (χ2v) is 14.8. The molecule has 2 aromatic carbocycles. The van der Waals surface area contributed by atoms with Crippen molar-refractivity contribution in [3.63, 3.8) is 0 Å². The SMILES string of the molecule is C/C=C1/CN2[C@H]3C[C@@H]1[C@@H](CO)[C@@H]2Cc1c3n(C)c2ccc([C@@H]3C[C@H]4/C(=C\C)CN[C@@H](Cc5c3[nH]c3ccccc53)[C@H]4C(=O)OC)cc12. The molecule has 0 radical (unpaired) electrons. The predicted molar refractivity (Wildman–Crippen MR) is 185 cm³/mol. The normalized spacial score (nSPS) is 34.4. The van der Waals surface area contributed by atoms with E-state index in [1.54, 1.807) is 0 Å². The lowest BCUT2D eigenvalue weighted by molar-refractivity contribution is -0.149. The molecule has 7 heterocycles. The average molecular weight is 631 g/mol. The van der Waals surface area contributed by atoms with Crippen LogP contribution in [0.3, 0.4) is 0 Å². The fourth-order valence-corrected chi connectivity index (χ4v) is 10.9. The molecular weight excluding hydrogens is 584 g/mol. The van der Waals surface area contributed by atoms with Crippen LogP contribution in [0.25, 0.3) is 21.8 Å². The van der Waals surface area contributed by atoms with E-state index in [9.17, 15) is 9.90 Å². The summed E-state index contributed by atoms with van der Waals surface area (Å²) in [5.74, 6) is 0.612. The lowest BCUT2D eigenvalue weighted by atomic mass is 9.64. The molecule has 4 aromatic rings. The summed E-state index contributed by atoms with van der Waals surface area (Å²) in [6, 6.07) is 16.6. The number of para-hydroxylation sites is 1. The molecule has 6 aliphatic rings. The Hall–Kier alpha value is -3.65. The number of nitrogens with one attached hydrogen (secondary N) is 2. The fraction of sp³-hybridized carbons (Fsp3) is 0.475. The standard InChI is InChI=1S/C40H46N4O3/c1-5-21-18-41-33-15-29-24-9-7-8-10-32(24)42-38(29)27(14-26(21)37(33)40(46)47-4)23-11-12-34-28(13-23)30-17-35-31(20-45)25-16-36(39(30)43(34)3)44(35)19-22(25)6-2/h5-13,25-27,31,33,35-37,41-42,45H,14-20H2,1-4H3/b21-5-,22-6-/t25-,26-,27-,31+,33-,35-,36-,37-/m0/s1. The third-order valence-electron chi connectivity index (χ3n) is 13.1. The second-order valence-electron chi connectivity index (χ2n) is 14.8. The largest absolute Gasteiger partial charge is 0.469 e. The molecule has 0 saturated carbocycles. The van der Waals surface area contributed by atoms with E-state index in [4.69, 9.17) is 4.74 Å². The third kappa shape index (κ3) is 4.12. The Labute approximate surface area is 276 Å². The number of ether oxygens (including phenoxy) is 1. The van der Waals surface area contributed by atoms with E-state index in [0.717, 1.165) is 44.3 Å². The number of piperidine rings is 4. The van der Waals surface area contributed by atoms with Crippen molar-refractivity contribution in [2.45, 2.75) is 63.6 Å². The molecule has 0 spiro atoms. The van der Waals surface area contributed by atoms with Gasteiger partial charge in [-0.15, -0.1) is 0 Å². The zero-order valence-corrected chi connectivity index (χ0v) is 27.9. The van der Waals surface area contributed by atoms with Crippen molar-refractivity contribution in [1.82, 2.24) is 19.8 Å². The van der Waals surface area contributed by atoms with Gasteiger partial charge >= 0.3 is 5.97 Å². The zero-order chi connectivity index (χ0) is 32.1. The number of methoxy groups -OCH3 is 1. The van der Waals surface area contributed by atoms with Gasteiger partial charge in [-0.3, -0.25) is 9.69 Å². The van der Waals surface area contributed by atoms with E-state index in [1.807, 2.05) is 0 Å². The lowest BCUT2D eigenvalue weighted by Gasteiger charge is -2.58. The zero-order valence-electron chi connectivity index (χ0n) is 27.9. The van der Waals surface area contributed by atoms with E-state index in [1.165, 1.54) is 62.6 Å². The smallest absolute Gasteiger partial charge is 0.310 e. The van der Waals surface area contributed by atoms with Crippen molar-refractivity contribution >= 4 is 27.8 Å². The Morgan fingerprint density at radius 3 is 2.64 bits per heavy atom. The van der Waals surface area contributed by atoms with Gasteiger partial charge in [-0.1, -0.05) is 47.6 Å². The van der Waals surface area contributed by atoms with Crippen LogP contribution in [0, 0.1) is 23.7 Å². The van der Waals surface area contributed by atoms with Crippen molar-refractivity contribution in [1.29, 1.82) is 0 Å². The Kier molecular flexibility index (Phi) is 6.86. The predicted octanol–water partition coefficient (Wildman–Crippen LogP) is 5.92. The molecule has 5 aliphatic heterocycles. The summed E-state index contributed by atoms with van der Waals surface area (Å²) in [6.45, 7) is 6.34. The summed E-state index contributed by atoms with van der Waals surface area (Å²) >= 11 is 0. The summed E-state index contributed by atoms with van der Waals surface area (Å²) in [5, 5.41) is 16.9. The molecule has 244 valence electrons. The maximum Gasteiger partial charge on any atom is 0.310 e.